The van der Waals surface area contributed by atoms with Crippen LogP contribution in [0.25, 0.3) is 11.1 Å². The van der Waals surface area contributed by atoms with E-state index in [1.165, 1.54) is 22.3 Å². The van der Waals surface area contributed by atoms with Crippen LogP contribution >= 0.6 is 0 Å². The third-order valence-electron chi connectivity index (χ3n) is 5.07. The van der Waals surface area contributed by atoms with Gasteiger partial charge in [-0.1, -0.05) is 60.7 Å². The largest absolute Gasteiger partial charge is 0.508 e. The molecule has 1 atom stereocenters. The van der Waals surface area contributed by atoms with Crippen molar-refractivity contribution in [1.29, 1.82) is 0 Å². The Labute approximate surface area is 158 Å². The molecule has 0 fully saturated rings. The van der Waals surface area contributed by atoms with Crippen molar-refractivity contribution in [3.8, 4) is 16.9 Å². The van der Waals surface area contributed by atoms with Crippen molar-refractivity contribution in [2.75, 3.05) is 6.61 Å². The van der Waals surface area contributed by atoms with Crippen molar-refractivity contribution >= 4 is 6.09 Å². The highest BCUT2D eigenvalue weighted by molar-refractivity contribution is 5.79. The fourth-order valence-corrected chi connectivity index (χ4v) is 3.66. The number of alkyl carbamates (subject to hydrolysis) is 1. The summed E-state index contributed by atoms with van der Waals surface area (Å²) in [6.45, 7) is 2.18. The summed E-state index contributed by atoms with van der Waals surface area (Å²) in [4.78, 5) is 12.3. The summed E-state index contributed by atoms with van der Waals surface area (Å²) in [5, 5.41) is 12.2. The van der Waals surface area contributed by atoms with Gasteiger partial charge in [0.1, 0.15) is 12.4 Å². The van der Waals surface area contributed by atoms with E-state index in [1.807, 2.05) is 31.2 Å². The smallest absolute Gasteiger partial charge is 0.407 e. The predicted octanol–water partition coefficient (Wildman–Crippen LogP) is 4.99. The molecule has 4 rings (SSSR count). The minimum Gasteiger partial charge on any atom is -0.508 e. The molecule has 1 aliphatic carbocycles. The Morgan fingerprint density at radius 1 is 0.963 bits per heavy atom. The highest BCUT2D eigenvalue weighted by Crippen LogP contribution is 2.44. The predicted molar refractivity (Wildman–Crippen MR) is 105 cm³/mol. The Morgan fingerprint density at radius 3 is 2.11 bits per heavy atom. The number of fused-ring (bicyclic) bond motifs is 3. The Balaban J connectivity index is 1.44. The number of nitrogens with one attached hydrogen (secondary N) is 1. The summed E-state index contributed by atoms with van der Waals surface area (Å²) in [6, 6.07) is 23.1. The number of hydrogen-bond donors (Lipinski definition) is 2. The molecule has 3 aromatic rings. The average molecular weight is 359 g/mol. The van der Waals surface area contributed by atoms with E-state index in [-0.39, 0.29) is 17.7 Å². The molecule has 136 valence electrons. The van der Waals surface area contributed by atoms with Gasteiger partial charge in [-0.25, -0.2) is 4.79 Å². The van der Waals surface area contributed by atoms with E-state index in [0.717, 1.165) is 5.56 Å². The lowest BCUT2D eigenvalue weighted by Gasteiger charge is -2.17. The van der Waals surface area contributed by atoms with Gasteiger partial charge in [0.2, 0.25) is 0 Å². The molecule has 1 amide bonds. The molecular weight excluding hydrogens is 338 g/mol. The van der Waals surface area contributed by atoms with Crippen molar-refractivity contribution in [2.45, 2.75) is 18.9 Å². The van der Waals surface area contributed by atoms with E-state index in [1.54, 1.807) is 24.3 Å². The first-order valence-corrected chi connectivity index (χ1v) is 9.04. The van der Waals surface area contributed by atoms with Crippen LogP contribution in [0.2, 0.25) is 0 Å². The van der Waals surface area contributed by atoms with Gasteiger partial charge in [-0.05, 0) is 46.9 Å². The second kappa shape index (κ2) is 7.16. The normalized spacial score (nSPS) is 13.5. The number of hydrogen-bond acceptors (Lipinski definition) is 3. The first-order valence-electron chi connectivity index (χ1n) is 9.04. The molecule has 1 aliphatic rings. The molecular formula is C23H21NO3. The third kappa shape index (κ3) is 3.38. The van der Waals surface area contributed by atoms with Crippen LogP contribution in [0.15, 0.2) is 72.8 Å². The number of ether oxygens (including phenoxy) is 1. The van der Waals surface area contributed by atoms with E-state index in [9.17, 15) is 9.90 Å². The molecule has 0 saturated heterocycles. The number of carbonyl (C=O) groups is 1. The number of rotatable bonds is 4. The molecule has 3 aromatic carbocycles. The topological polar surface area (TPSA) is 58.6 Å². The van der Waals surface area contributed by atoms with E-state index < -0.39 is 6.09 Å². The lowest BCUT2D eigenvalue weighted by atomic mass is 9.98. The minimum absolute atomic E-state index is 0.0483. The van der Waals surface area contributed by atoms with E-state index in [2.05, 4.69) is 29.6 Å². The van der Waals surface area contributed by atoms with Crippen LogP contribution in [-0.2, 0) is 4.74 Å². The molecule has 0 saturated carbocycles. The van der Waals surface area contributed by atoms with Crippen LogP contribution < -0.4 is 5.32 Å². The average Bonchev–Trinajstić information content (AvgIpc) is 3.01. The number of aromatic hydroxyl groups is 1. The zero-order valence-electron chi connectivity index (χ0n) is 15.1. The van der Waals surface area contributed by atoms with Crippen molar-refractivity contribution in [2.24, 2.45) is 0 Å². The fraction of sp³-hybridized carbons (Fsp3) is 0.174. The zero-order valence-corrected chi connectivity index (χ0v) is 15.1. The molecule has 0 aliphatic heterocycles. The standard InChI is InChI=1S/C23H21NO3/c1-15(16-10-12-17(25)13-11-16)24-23(26)27-14-22-20-8-4-2-6-18(20)19-7-3-5-9-21(19)22/h2-13,15,22,25H,14H2,1H3,(H,24,26)/t15-/m0/s1. The Bertz CT molecular complexity index is 920. The molecule has 0 aromatic heterocycles. The van der Waals surface area contributed by atoms with Gasteiger partial charge in [-0.3, -0.25) is 0 Å². The van der Waals surface area contributed by atoms with Crippen LogP contribution in [0.5, 0.6) is 5.75 Å². The summed E-state index contributed by atoms with van der Waals surface area (Å²) in [6.07, 6.45) is -0.447. The van der Waals surface area contributed by atoms with Crippen LogP contribution in [0, 0.1) is 0 Å². The molecule has 4 nitrogen and oxygen atoms in total. The molecule has 4 heteroatoms. The Morgan fingerprint density at radius 2 is 1.52 bits per heavy atom. The van der Waals surface area contributed by atoms with Crippen LogP contribution in [0.3, 0.4) is 0 Å². The Kier molecular flexibility index (Phi) is 4.55. The SMILES string of the molecule is C[C@H](NC(=O)OCC1c2ccccc2-c2ccccc21)c1ccc(O)cc1. The molecule has 0 radical (unpaired) electrons. The van der Waals surface area contributed by atoms with Gasteiger partial charge < -0.3 is 15.2 Å². The number of carbonyl (C=O) groups excluding carboxylic acids is 1. The maximum Gasteiger partial charge on any atom is 0.407 e. The molecule has 0 spiro atoms. The van der Waals surface area contributed by atoms with Crippen molar-refractivity contribution < 1.29 is 14.6 Å². The highest BCUT2D eigenvalue weighted by Gasteiger charge is 2.29. The summed E-state index contributed by atoms with van der Waals surface area (Å²) >= 11 is 0. The second-order valence-corrected chi connectivity index (χ2v) is 6.78. The van der Waals surface area contributed by atoms with Crippen molar-refractivity contribution in [3.05, 3.63) is 89.5 Å². The van der Waals surface area contributed by atoms with Crippen LogP contribution in [0.4, 0.5) is 4.79 Å². The summed E-state index contributed by atoms with van der Waals surface area (Å²) in [7, 11) is 0. The van der Waals surface area contributed by atoms with Gasteiger partial charge in [0.25, 0.3) is 0 Å². The quantitative estimate of drug-likeness (QED) is 0.690. The second-order valence-electron chi connectivity index (χ2n) is 6.78. The lowest BCUT2D eigenvalue weighted by Crippen LogP contribution is -2.28. The maximum absolute atomic E-state index is 12.3. The summed E-state index contributed by atoms with van der Waals surface area (Å²) < 4.78 is 5.56. The van der Waals surface area contributed by atoms with Crippen LogP contribution in [0.1, 0.15) is 35.6 Å². The number of amides is 1. The molecule has 0 bridgehead atoms. The van der Waals surface area contributed by atoms with Gasteiger partial charge in [0, 0.05) is 5.92 Å². The van der Waals surface area contributed by atoms with Gasteiger partial charge >= 0.3 is 6.09 Å². The van der Waals surface area contributed by atoms with Crippen molar-refractivity contribution in [3.63, 3.8) is 0 Å². The first-order chi connectivity index (χ1) is 13.1. The summed E-state index contributed by atoms with van der Waals surface area (Å²) in [5.41, 5.74) is 5.71. The number of benzene rings is 3. The monoisotopic (exact) mass is 359 g/mol. The Hall–Kier alpha value is -3.27. The first kappa shape index (κ1) is 17.2. The number of phenols is 1. The summed E-state index contributed by atoms with van der Waals surface area (Å²) in [5.74, 6) is 0.249. The lowest BCUT2D eigenvalue weighted by molar-refractivity contribution is 0.140. The molecule has 27 heavy (non-hydrogen) atoms. The van der Waals surface area contributed by atoms with E-state index in [4.69, 9.17) is 4.74 Å². The fourth-order valence-electron chi connectivity index (χ4n) is 3.66. The van der Waals surface area contributed by atoms with E-state index >= 15 is 0 Å². The minimum atomic E-state index is -0.447. The van der Waals surface area contributed by atoms with Crippen molar-refractivity contribution in [1.82, 2.24) is 5.32 Å². The maximum atomic E-state index is 12.3. The van der Waals surface area contributed by atoms with Gasteiger partial charge in [-0.15, -0.1) is 0 Å². The zero-order chi connectivity index (χ0) is 18.8. The highest BCUT2D eigenvalue weighted by atomic mass is 16.5. The van der Waals surface area contributed by atoms with Gasteiger partial charge in [0.05, 0.1) is 6.04 Å². The molecule has 2 N–H and O–H groups in total. The molecule has 0 heterocycles. The molecule has 0 unspecified atom stereocenters. The van der Waals surface area contributed by atoms with E-state index in [0.29, 0.717) is 6.61 Å². The third-order valence-corrected chi connectivity index (χ3v) is 5.07. The van der Waals surface area contributed by atoms with Gasteiger partial charge in [-0.2, -0.15) is 0 Å². The van der Waals surface area contributed by atoms with Crippen LogP contribution in [-0.4, -0.2) is 17.8 Å². The number of phenolic OH excluding ortho intramolecular Hbond substituents is 1. The van der Waals surface area contributed by atoms with Gasteiger partial charge in [0.15, 0.2) is 0 Å².